The van der Waals surface area contributed by atoms with Crippen LogP contribution in [-0.2, 0) is 0 Å². The molecule has 1 aromatic carbocycles. The van der Waals surface area contributed by atoms with Gasteiger partial charge in [0.1, 0.15) is 11.0 Å². The van der Waals surface area contributed by atoms with Gasteiger partial charge in [-0.15, -0.1) is 0 Å². The minimum Gasteiger partial charge on any atom is -0.355 e. The van der Waals surface area contributed by atoms with Crippen molar-refractivity contribution in [3.05, 3.63) is 51.9 Å². The molecule has 0 N–H and O–H groups in total. The number of aromatic nitrogens is 2. The molecule has 6 heteroatoms. The number of hydrogen-bond donors (Lipinski definition) is 0. The first-order chi connectivity index (χ1) is 11.9. The largest absolute Gasteiger partial charge is 0.355 e. The van der Waals surface area contributed by atoms with Gasteiger partial charge in [0.25, 0.3) is 0 Å². The van der Waals surface area contributed by atoms with E-state index in [0.717, 1.165) is 37.3 Å². The summed E-state index contributed by atoms with van der Waals surface area (Å²) in [5.41, 5.74) is 1.57. The summed E-state index contributed by atoms with van der Waals surface area (Å²) in [6.45, 7) is 5.81. The second kappa shape index (κ2) is 7.30. The van der Waals surface area contributed by atoms with Crippen LogP contribution in [0.4, 0.5) is 5.82 Å². The number of benzene rings is 1. The van der Waals surface area contributed by atoms with Crippen molar-refractivity contribution in [2.45, 2.75) is 33.1 Å². The van der Waals surface area contributed by atoms with E-state index < -0.39 is 0 Å². The van der Waals surface area contributed by atoms with Gasteiger partial charge in [-0.2, -0.15) is 0 Å². The topological polar surface area (TPSA) is 46.1 Å². The van der Waals surface area contributed by atoms with E-state index in [4.69, 9.17) is 23.2 Å². The van der Waals surface area contributed by atoms with Gasteiger partial charge in [0.2, 0.25) is 0 Å². The van der Waals surface area contributed by atoms with Crippen LogP contribution in [-0.4, -0.2) is 28.8 Å². The third kappa shape index (κ3) is 4.13. The van der Waals surface area contributed by atoms with Crippen molar-refractivity contribution >= 4 is 34.8 Å². The summed E-state index contributed by atoms with van der Waals surface area (Å²) in [5.74, 6) is 0.963. The molecule has 1 fully saturated rings. The molecular formula is C19H21Cl2N3O. The third-order valence-electron chi connectivity index (χ3n) is 4.99. The smallest absolute Gasteiger partial charge is 0.165 e. The highest BCUT2D eigenvalue weighted by Gasteiger charge is 2.33. The summed E-state index contributed by atoms with van der Waals surface area (Å²) in [6.07, 6.45) is 5.62. The zero-order chi connectivity index (χ0) is 18.0. The lowest BCUT2D eigenvalue weighted by molar-refractivity contribution is 0.0898. The van der Waals surface area contributed by atoms with Crippen molar-refractivity contribution < 1.29 is 4.79 Å². The quantitative estimate of drug-likeness (QED) is 0.705. The maximum atomic E-state index is 12.8. The highest BCUT2D eigenvalue weighted by atomic mass is 35.5. The van der Waals surface area contributed by atoms with Crippen molar-refractivity contribution in [2.24, 2.45) is 5.41 Å². The number of nitrogens with zero attached hydrogens (tertiary/aromatic N) is 3. The first-order valence-electron chi connectivity index (χ1n) is 8.39. The number of hydrogen-bond acceptors (Lipinski definition) is 4. The van der Waals surface area contributed by atoms with Crippen LogP contribution in [0.5, 0.6) is 0 Å². The van der Waals surface area contributed by atoms with Gasteiger partial charge in [0.15, 0.2) is 5.78 Å². The monoisotopic (exact) mass is 377 g/mol. The fourth-order valence-corrected chi connectivity index (χ4v) is 3.81. The maximum Gasteiger partial charge on any atom is 0.165 e. The molecule has 2 heterocycles. The van der Waals surface area contributed by atoms with E-state index in [0.29, 0.717) is 22.2 Å². The van der Waals surface area contributed by atoms with Gasteiger partial charge in [-0.3, -0.25) is 4.79 Å². The third-order valence-corrected chi connectivity index (χ3v) is 5.50. The zero-order valence-corrected chi connectivity index (χ0v) is 15.9. The Hall–Kier alpha value is -1.65. The molecule has 0 amide bonds. The van der Waals surface area contributed by atoms with Gasteiger partial charge in [0.05, 0.1) is 17.4 Å². The summed E-state index contributed by atoms with van der Waals surface area (Å²) in [4.78, 5) is 23.4. The second-order valence-electron chi connectivity index (χ2n) is 7.03. The molecule has 1 aliphatic rings. The number of carbonyl (C=O) groups excluding carboxylic acids is 1. The Balaban J connectivity index is 1.66. The molecule has 25 heavy (non-hydrogen) atoms. The van der Waals surface area contributed by atoms with Gasteiger partial charge >= 0.3 is 0 Å². The fraction of sp³-hybridized carbons (Fsp3) is 0.421. The fourth-order valence-electron chi connectivity index (χ4n) is 3.38. The van der Waals surface area contributed by atoms with Crippen LogP contribution in [0.2, 0.25) is 10.2 Å². The summed E-state index contributed by atoms with van der Waals surface area (Å²) >= 11 is 12.0. The molecule has 0 aliphatic carbocycles. The highest BCUT2D eigenvalue weighted by molar-refractivity contribution is 6.34. The van der Waals surface area contributed by atoms with Crippen LogP contribution in [0, 0.1) is 12.3 Å². The molecule has 1 aromatic heterocycles. The minimum absolute atomic E-state index is 0.0287. The average molecular weight is 378 g/mol. The molecule has 1 saturated heterocycles. The molecule has 0 atom stereocenters. The molecule has 3 rings (SSSR count). The Bertz CT molecular complexity index is 748. The molecule has 0 spiro atoms. The number of carbonyl (C=O) groups is 1. The van der Waals surface area contributed by atoms with E-state index >= 15 is 0 Å². The molecule has 0 unspecified atom stereocenters. The maximum absolute atomic E-state index is 12.8. The van der Waals surface area contributed by atoms with Gasteiger partial charge in [-0.25, -0.2) is 9.97 Å². The predicted octanol–water partition coefficient (Wildman–Crippen LogP) is 4.97. The average Bonchev–Trinajstić information content (AvgIpc) is 2.56. The molecule has 0 saturated carbocycles. The summed E-state index contributed by atoms with van der Waals surface area (Å²) < 4.78 is 0. The first kappa shape index (κ1) is 18.2. The van der Waals surface area contributed by atoms with Crippen LogP contribution in [0.1, 0.15) is 42.1 Å². The molecule has 4 nitrogen and oxygen atoms in total. The standard InChI is InChI=1S/C19H21Cl2N3O/c1-13-4-3-5-14(20)18(13)15(25)10-19(2)6-8-24(9-7-19)17-12-22-16(21)11-23-17/h3-5,11-12H,6-10H2,1-2H3. The van der Waals surface area contributed by atoms with Gasteiger partial charge < -0.3 is 4.90 Å². The van der Waals surface area contributed by atoms with Crippen molar-refractivity contribution in [1.29, 1.82) is 0 Å². The van der Waals surface area contributed by atoms with Crippen LogP contribution in [0.3, 0.4) is 0 Å². The number of Topliss-reactive ketones (excluding diaryl/α,β-unsaturated/α-hetero) is 1. The molecular weight excluding hydrogens is 357 g/mol. The zero-order valence-electron chi connectivity index (χ0n) is 14.4. The van der Waals surface area contributed by atoms with Crippen molar-refractivity contribution in [3.8, 4) is 0 Å². The highest BCUT2D eigenvalue weighted by Crippen LogP contribution is 2.37. The van der Waals surface area contributed by atoms with E-state index in [1.807, 2.05) is 19.1 Å². The Morgan fingerprint density at radius 2 is 1.92 bits per heavy atom. The Labute approximate surface area is 158 Å². The predicted molar refractivity (Wildman–Crippen MR) is 102 cm³/mol. The minimum atomic E-state index is -0.0287. The van der Waals surface area contributed by atoms with Crippen LogP contribution >= 0.6 is 23.2 Å². The Morgan fingerprint density at radius 1 is 1.20 bits per heavy atom. The molecule has 0 bridgehead atoms. The van der Waals surface area contributed by atoms with Crippen molar-refractivity contribution in [1.82, 2.24) is 9.97 Å². The summed E-state index contributed by atoms with van der Waals surface area (Å²) in [6, 6.07) is 5.59. The van der Waals surface area contributed by atoms with Crippen LogP contribution < -0.4 is 4.90 Å². The summed E-state index contributed by atoms with van der Waals surface area (Å²) in [7, 11) is 0. The van der Waals surface area contributed by atoms with Gasteiger partial charge in [-0.05, 0) is 36.8 Å². The number of aryl methyl sites for hydroxylation is 1. The lowest BCUT2D eigenvalue weighted by Gasteiger charge is -2.39. The van der Waals surface area contributed by atoms with Crippen LogP contribution in [0.25, 0.3) is 0 Å². The second-order valence-corrected chi connectivity index (χ2v) is 7.82. The van der Waals surface area contributed by atoms with Crippen LogP contribution in [0.15, 0.2) is 30.6 Å². The number of ketones is 1. The lowest BCUT2D eigenvalue weighted by atomic mass is 9.75. The Morgan fingerprint density at radius 3 is 2.52 bits per heavy atom. The van der Waals surface area contributed by atoms with Crippen molar-refractivity contribution in [2.75, 3.05) is 18.0 Å². The van der Waals surface area contributed by atoms with Gasteiger partial charge in [0, 0.05) is 25.1 Å². The lowest BCUT2D eigenvalue weighted by Crippen LogP contribution is -2.40. The number of anilines is 1. The van der Waals surface area contributed by atoms with E-state index in [1.54, 1.807) is 18.5 Å². The van der Waals surface area contributed by atoms with E-state index in [2.05, 4.69) is 21.8 Å². The number of rotatable bonds is 4. The summed E-state index contributed by atoms with van der Waals surface area (Å²) in [5, 5.41) is 0.939. The number of piperidine rings is 1. The van der Waals surface area contributed by atoms with Gasteiger partial charge in [-0.1, -0.05) is 42.3 Å². The molecule has 0 radical (unpaired) electrons. The SMILES string of the molecule is Cc1cccc(Cl)c1C(=O)CC1(C)CCN(c2cnc(Cl)cn2)CC1. The number of halogens is 2. The molecule has 132 valence electrons. The molecule has 2 aromatic rings. The van der Waals surface area contributed by atoms with E-state index in [1.165, 1.54) is 0 Å². The van der Waals surface area contributed by atoms with E-state index in [9.17, 15) is 4.79 Å². The Kier molecular flexibility index (Phi) is 5.30. The normalized spacial score (nSPS) is 16.7. The van der Waals surface area contributed by atoms with Crippen molar-refractivity contribution in [3.63, 3.8) is 0 Å². The first-order valence-corrected chi connectivity index (χ1v) is 9.14. The van der Waals surface area contributed by atoms with E-state index in [-0.39, 0.29) is 11.2 Å². The molecule has 1 aliphatic heterocycles.